The van der Waals surface area contributed by atoms with Crippen LogP contribution in [-0.2, 0) is 10.0 Å². The highest BCUT2D eigenvalue weighted by Crippen LogP contribution is 2.28. The zero-order chi connectivity index (χ0) is 13.9. The first-order chi connectivity index (χ1) is 8.30. The van der Waals surface area contributed by atoms with Gasteiger partial charge in [-0.15, -0.1) is 0 Å². The van der Waals surface area contributed by atoms with Crippen LogP contribution in [0.4, 0.5) is 5.69 Å². The molecule has 0 fully saturated rings. The van der Waals surface area contributed by atoms with Crippen LogP contribution in [0.25, 0.3) is 0 Å². The maximum Gasteiger partial charge on any atom is 0.243 e. The normalized spacial score (nSPS) is 12.1. The first kappa shape index (κ1) is 15.8. The van der Waals surface area contributed by atoms with Gasteiger partial charge in [-0.3, -0.25) is 0 Å². The minimum Gasteiger partial charge on any atom is -0.398 e. The van der Waals surface area contributed by atoms with Crippen molar-refractivity contribution in [1.82, 2.24) is 4.31 Å². The van der Waals surface area contributed by atoms with Gasteiger partial charge in [-0.05, 0) is 46.8 Å². The Labute approximate surface area is 121 Å². The van der Waals surface area contributed by atoms with Crippen LogP contribution >= 0.6 is 27.7 Å². The fourth-order valence-corrected chi connectivity index (χ4v) is 3.89. The first-order valence-electron chi connectivity index (χ1n) is 5.31. The molecule has 0 atom stereocenters. The third-order valence-electron chi connectivity index (χ3n) is 2.59. The van der Waals surface area contributed by atoms with Crippen LogP contribution in [0, 0.1) is 6.92 Å². The molecule has 0 radical (unpaired) electrons. The monoisotopic (exact) mass is 352 g/mol. The van der Waals surface area contributed by atoms with Gasteiger partial charge in [-0.2, -0.15) is 11.8 Å². The van der Waals surface area contributed by atoms with E-state index in [2.05, 4.69) is 15.9 Å². The zero-order valence-corrected chi connectivity index (χ0v) is 13.8. The number of rotatable bonds is 5. The second-order valence-corrected chi connectivity index (χ2v) is 7.81. The summed E-state index contributed by atoms with van der Waals surface area (Å²) in [7, 11) is -1.88. The lowest BCUT2D eigenvalue weighted by Crippen LogP contribution is -2.29. The number of aryl methyl sites for hydroxylation is 1. The summed E-state index contributed by atoms with van der Waals surface area (Å²) in [5.41, 5.74) is 6.87. The van der Waals surface area contributed by atoms with Crippen molar-refractivity contribution in [1.29, 1.82) is 0 Å². The zero-order valence-electron chi connectivity index (χ0n) is 10.6. The van der Waals surface area contributed by atoms with Crippen molar-refractivity contribution >= 4 is 43.4 Å². The fourth-order valence-electron chi connectivity index (χ4n) is 1.45. The average Bonchev–Trinajstić information content (AvgIpc) is 2.30. The lowest BCUT2D eigenvalue weighted by Gasteiger charge is -2.18. The maximum atomic E-state index is 12.4. The van der Waals surface area contributed by atoms with E-state index in [0.717, 1.165) is 5.75 Å². The third-order valence-corrected chi connectivity index (χ3v) is 5.87. The Hall–Kier alpha value is -0.240. The van der Waals surface area contributed by atoms with Crippen molar-refractivity contribution in [2.24, 2.45) is 0 Å². The predicted octanol–water partition coefficient (Wildman–Crippen LogP) is 2.32. The molecule has 0 aliphatic carbocycles. The molecule has 0 heterocycles. The summed E-state index contributed by atoms with van der Waals surface area (Å²) in [6.07, 6.45) is 1.95. The van der Waals surface area contributed by atoms with E-state index in [4.69, 9.17) is 5.73 Å². The van der Waals surface area contributed by atoms with E-state index >= 15 is 0 Å². The lowest BCUT2D eigenvalue weighted by molar-refractivity contribution is 0.488. The van der Waals surface area contributed by atoms with Crippen LogP contribution in [0.1, 0.15) is 5.56 Å². The Morgan fingerprint density at radius 1 is 1.44 bits per heavy atom. The Kier molecular flexibility index (Phi) is 5.51. The summed E-state index contributed by atoms with van der Waals surface area (Å²) >= 11 is 4.90. The van der Waals surface area contributed by atoms with E-state index in [1.54, 1.807) is 31.8 Å². The standard InChI is InChI=1S/C11H17BrN2O2S2/c1-8-6-9(12)10(13)7-11(8)18(15,16)14(2)4-5-17-3/h6-7H,4-5,13H2,1-3H3. The van der Waals surface area contributed by atoms with E-state index in [1.165, 1.54) is 10.4 Å². The molecule has 1 aromatic carbocycles. The molecule has 4 nitrogen and oxygen atoms in total. The Balaban J connectivity index is 3.16. The molecule has 2 N–H and O–H groups in total. The van der Waals surface area contributed by atoms with Crippen LogP contribution in [0.2, 0.25) is 0 Å². The third kappa shape index (κ3) is 3.40. The highest BCUT2D eigenvalue weighted by molar-refractivity contribution is 9.10. The number of sulfonamides is 1. The number of hydrogen-bond donors (Lipinski definition) is 1. The topological polar surface area (TPSA) is 63.4 Å². The van der Waals surface area contributed by atoms with Crippen molar-refractivity contribution in [3.05, 3.63) is 22.2 Å². The summed E-state index contributed by atoms with van der Waals surface area (Å²) in [6.45, 7) is 2.25. The number of benzene rings is 1. The first-order valence-corrected chi connectivity index (χ1v) is 8.94. The van der Waals surface area contributed by atoms with Crippen LogP contribution in [0.15, 0.2) is 21.5 Å². The van der Waals surface area contributed by atoms with Gasteiger partial charge in [0.1, 0.15) is 0 Å². The van der Waals surface area contributed by atoms with E-state index in [9.17, 15) is 8.42 Å². The SMILES string of the molecule is CSCCN(C)S(=O)(=O)c1cc(N)c(Br)cc1C. The van der Waals surface area contributed by atoms with E-state index in [-0.39, 0.29) is 4.90 Å². The number of anilines is 1. The van der Waals surface area contributed by atoms with Crippen molar-refractivity contribution in [2.45, 2.75) is 11.8 Å². The largest absolute Gasteiger partial charge is 0.398 e. The van der Waals surface area contributed by atoms with E-state index in [1.807, 2.05) is 6.26 Å². The molecule has 0 spiro atoms. The van der Waals surface area contributed by atoms with E-state index in [0.29, 0.717) is 22.3 Å². The van der Waals surface area contributed by atoms with Crippen molar-refractivity contribution < 1.29 is 8.42 Å². The second kappa shape index (κ2) is 6.27. The molecule has 0 unspecified atom stereocenters. The van der Waals surface area contributed by atoms with Crippen molar-refractivity contribution in [2.75, 3.05) is 31.3 Å². The summed E-state index contributed by atoms with van der Waals surface area (Å²) in [5, 5.41) is 0. The molecular weight excluding hydrogens is 336 g/mol. The number of hydrogen-bond acceptors (Lipinski definition) is 4. The summed E-state index contributed by atoms with van der Waals surface area (Å²) < 4.78 is 26.8. The minimum atomic E-state index is -3.46. The molecule has 1 aromatic rings. The number of halogens is 1. The fraction of sp³-hybridized carbons (Fsp3) is 0.455. The van der Waals surface area contributed by atoms with Gasteiger partial charge in [-0.25, -0.2) is 12.7 Å². The lowest BCUT2D eigenvalue weighted by atomic mass is 10.2. The number of nitrogens with zero attached hydrogens (tertiary/aromatic N) is 1. The van der Waals surface area contributed by atoms with Gasteiger partial charge < -0.3 is 5.73 Å². The van der Waals surface area contributed by atoms with Crippen molar-refractivity contribution in [3.63, 3.8) is 0 Å². The number of thioether (sulfide) groups is 1. The molecule has 0 amide bonds. The Morgan fingerprint density at radius 3 is 2.61 bits per heavy atom. The smallest absolute Gasteiger partial charge is 0.243 e. The quantitative estimate of drug-likeness (QED) is 0.826. The van der Waals surface area contributed by atoms with Gasteiger partial charge in [0.15, 0.2) is 0 Å². The van der Waals surface area contributed by atoms with E-state index < -0.39 is 10.0 Å². The summed E-state index contributed by atoms with van der Waals surface area (Å²) in [5.74, 6) is 0.765. The second-order valence-electron chi connectivity index (χ2n) is 3.96. The van der Waals surface area contributed by atoms with Gasteiger partial charge in [0.2, 0.25) is 10.0 Å². The van der Waals surface area contributed by atoms with Gasteiger partial charge in [0, 0.05) is 29.5 Å². The molecule has 102 valence electrons. The van der Waals surface area contributed by atoms with Crippen molar-refractivity contribution in [3.8, 4) is 0 Å². The van der Waals surface area contributed by atoms with Crippen LogP contribution in [-0.4, -0.2) is 38.3 Å². The number of nitrogens with two attached hydrogens (primary N) is 1. The molecule has 0 bridgehead atoms. The molecule has 18 heavy (non-hydrogen) atoms. The average molecular weight is 353 g/mol. The van der Waals surface area contributed by atoms with Gasteiger partial charge in [0.05, 0.1) is 4.90 Å². The highest BCUT2D eigenvalue weighted by Gasteiger charge is 2.23. The molecule has 7 heteroatoms. The van der Waals surface area contributed by atoms with Crippen LogP contribution in [0.3, 0.4) is 0 Å². The predicted molar refractivity (Wildman–Crippen MR) is 81.5 cm³/mol. The highest BCUT2D eigenvalue weighted by atomic mass is 79.9. The van der Waals surface area contributed by atoms with Crippen LogP contribution in [0.5, 0.6) is 0 Å². The minimum absolute atomic E-state index is 0.270. The molecule has 0 aliphatic heterocycles. The maximum absolute atomic E-state index is 12.4. The molecule has 0 aliphatic rings. The molecule has 1 rings (SSSR count). The number of nitrogen functional groups attached to an aromatic ring is 1. The van der Waals surface area contributed by atoms with Gasteiger partial charge in [0.25, 0.3) is 0 Å². The summed E-state index contributed by atoms with van der Waals surface area (Å²) in [6, 6.07) is 3.23. The molecule has 0 saturated carbocycles. The molecule has 0 saturated heterocycles. The molecular formula is C11H17BrN2O2S2. The molecule has 0 aromatic heterocycles. The Morgan fingerprint density at radius 2 is 2.06 bits per heavy atom. The Bertz CT molecular complexity index is 532. The van der Waals surface area contributed by atoms with Gasteiger partial charge in [-0.1, -0.05) is 0 Å². The van der Waals surface area contributed by atoms with Gasteiger partial charge >= 0.3 is 0 Å². The van der Waals surface area contributed by atoms with Crippen LogP contribution < -0.4 is 5.73 Å². The summed E-state index contributed by atoms with van der Waals surface area (Å²) in [4.78, 5) is 0.270.